The van der Waals surface area contributed by atoms with Gasteiger partial charge in [-0.25, -0.2) is 4.98 Å². The number of fused-ring (bicyclic) bond motifs is 1. The average molecular weight is 278 g/mol. The van der Waals surface area contributed by atoms with Crippen LogP contribution in [0, 0.1) is 0 Å². The van der Waals surface area contributed by atoms with E-state index in [1.807, 2.05) is 24.3 Å². The van der Waals surface area contributed by atoms with Gasteiger partial charge in [-0.1, -0.05) is 12.1 Å². The van der Waals surface area contributed by atoms with Gasteiger partial charge in [0.1, 0.15) is 5.82 Å². The fourth-order valence-corrected chi connectivity index (χ4v) is 2.17. The zero-order valence-corrected chi connectivity index (χ0v) is 11.3. The zero-order valence-electron chi connectivity index (χ0n) is 11.3. The van der Waals surface area contributed by atoms with Gasteiger partial charge in [-0.3, -0.25) is 9.78 Å². The zero-order chi connectivity index (χ0) is 14.7. The van der Waals surface area contributed by atoms with Gasteiger partial charge in [0.05, 0.1) is 11.1 Å². The van der Waals surface area contributed by atoms with Gasteiger partial charge in [0.2, 0.25) is 0 Å². The molecule has 3 rings (SSSR count). The Hall–Kier alpha value is -2.95. The van der Waals surface area contributed by atoms with Crippen LogP contribution in [0.1, 0.15) is 15.9 Å². The van der Waals surface area contributed by atoms with E-state index < -0.39 is 5.91 Å². The molecule has 3 aromatic rings. The number of aromatic nitrogens is 2. The van der Waals surface area contributed by atoms with Crippen LogP contribution >= 0.6 is 0 Å². The van der Waals surface area contributed by atoms with Crippen molar-refractivity contribution in [2.24, 2.45) is 5.73 Å². The van der Waals surface area contributed by atoms with Crippen LogP contribution in [-0.2, 0) is 6.54 Å². The molecule has 0 spiro atoms. The van der Waals surface area contributed by atoms with E-state index in [0.717, 1.165) is 16.5 Å². The molecule has 0 unspecified atom stereocenters. The maximum atomic E-state index is 11.3. The first-order chi connectivity index (χ1) is 10.2. The molecule has 1 aromatic carbocycles. The lowest BCUT2D eigenvalue weighted by Crippen LogP contribution is -2.15. The van der Waals surface area contributed by atoms with Gasteiger partial charge >= 0.3 is 0 Å². The van der Waals surface area contributed by atoms with Gasteiger partial charge in [-0.05, 0) is 35.9 Å². The van der Waals surface area contributed by atoms with E-state index in [2.05, 4.69) is 21.4 Å². The summed E-state index contributed by atoms with van der Waals surface area (Å²) in [5, 5.41) is 4.22. The number of anilines is 1. The van der Waals surface area contributed by atoms with Crippen LogP contribution in [0.3, 0.4) is 0 Å². The number of nitrogens with one attached hydrogen (secondary N) is 1. The Kier molecular flexibility index (Phi) is 3.47. The molecule has 0 aliphatic heterocycles. The summed E-state index contributed by atoms with van der Waals surface area (Å²) < 4.78 is 0. The fourth-order valence-electron chi connectivity index (χ4n) is 2.17. The third-order valence-electron chi connectivity index (χ3n) is 3.20. The molecule has 104 valence electrons. The number of hydrogen-bond donors (Lipinski definition) is 2. The third-order valence-corrected chi connectivity index (χ3v) is 3.20. The number of nitrogens with zero attached hydrogens (tertiary/aromatic N) is 2. The van der Waals surface area contributed by atoms with Crippen molar-refractivity contribution in [3.8, 4) is 0 Å². The van der Waals surface area contributed by atoms with Gasteiger partial charge in [-0.2, -0.15) is 0 Å². The lowest BCUT2D eigenvalue weighted by molar-refractivity contribution is 0.100. The summed E-state index contributed by atoms with van der Waals surface area (Å²) in [6, 6.07) is 13.3. The van der Waals surface area contributed by atoms with Gasteiger partial charge in [0.25, 0.3) is 5.91 Å². The first-order valence-electron chi connectivity index (χ1n) is 6.56. The lowest BCUT2D eigenvalue weighted by Gasteiger charge is -2.09. The molecule has 0 atom stereocenters. The van der Waals surface area contributed by atoms with Gasteiger partial charge in [-0.15, -0.1) is 0 Å². The smallest absolute Gasteiger partial charge is 0.252 e. The Morgan fingerprint density at radius 3 is 2.76 bits per heavy atom. The number of amides is 1. The van der Waals surface area contributed by atoms with E-state index >= 15 is 0 Å². The lowest BCUT2D eigenvalue weighted by atomic mass is 10.1. The van der Waals surface area contributed by atoms with Crippen molar-refractivity contribution in [2.75, 3.05) is 5.32 Å². The maximum absolute atomic E-state index is 11.3. The highest BCUT2D eigenvalue weighted by Crippen LogP contribution is 2.16. The summed E-state index contributed by atoms with van der Waals surface area (Å²) in [5.41, 5.74) is 7.76. The van der Waals surface area contributed by atoms with Crippen molar-refractivity contribution in [3.05, 3.63) is 66.0 Å². The molecule has 2 heterocycles. The largest absolute Gasteiger partial charge is 0.365 e. The Labute approximate surface area is 121 Å². The SMILES string of the molecule is NC(=O)c1cccnc1NCc1ccc2ncccc2c1. The quantitative estimate of drug-likeness (QED) is 0.767. The summed E-state index contributed by atoms with van der Waals surface area (Å²) in [4.78, 5) is 19.8. The minimum absolute atomic E-state index is 0.389. The highest BCUT2D eigenvalue weighted by molar-refractivity contribution is 5.97. The van der Waals surface area contributed by atoms with Crippen molar-refractivity contribution in [2.45, 2.75) is 6.54 Å². The molecule has 1 amide bonds. The monoisotopic (exact) mass is 278 g/mol. The molecule has 0 saturated heterocycles. The number of nitrogens with two attached hydrogens (primary N) is 1. The molecule has 0 saturated carbocycles. The molecule has 5 heteroatoms. The summed E-state index contributed by atoms with van der Waals surface area (Å²) in [7, 11) is 0. The molecule has 0 bridgehead atoms. The van der Waals surface area contributed by atoms with Crippen LogP contribution in [0.25, 0.3) is 10.9 Å². The Morgan fingerprint density at radius 1 is 1.10 bits per heavy atom. The molecule has 21 heavy (non-hydrogen) atoms. The van der Waals surface area contributed by atoms with Crippen molar-refractivity contribution < 1.29 is 4.79 Å². The molecule has 0 aliphatic rings. The van der Waals surface area contributed by atoms with Crippen LogP contribution in [-0.4, -0.2) is 15.9 Å². The summed E-state index contributed by atoms with van der Waals surface area (Å²) in [6.45, 7) is 0.558. The molecule has 0 aliphatic carbocycles. The van der Waals surface area contributed by atoms with E-state index in [4.69, 9.17) is 5.73 Å². The first-order valence-corrected chi connectivity index (χ1v) is 6.56. The van der Waals surface area contributed by atoms with Crippen LogP contribution in [0.4, 0.5) is 5.82 Å². The summed E-state index contributed by atoms with van der Waals surface area (Å²) in [5.74, 6) is 0.00425. The molecule has 2 aromatic heterocycles. The summed E-state index contributed by atoms with van der Waals surface area (Å²) in [6.07, 6.45) is 3.40. The normalized spacial score (nSPS) is 10.5. The number of rotatable bonds is 4. The number of primary amides is 1. The van der Waals surface area contributed by atoms with Crippen molar-refractivity contribution in [3.63, 3.8) is 0 Å². The minimum Gasteiger partial charge on any atom is -0.365 e. The molecular formula is C16H14N4O. The van der Waals surface area contributed by atoms with E-state index in [1.165, 1.54) is 0 Å². The number of hydrogen-bond acceptors (Lipinski definition) is 4. The fraction of sp³-hybridized carbons (Fsp3) is 0.0625. The van der Waals surface area contributed by atoms with Crippen molar-refractivity contribution >= 4 is 22.6 Å². The topological polar surface area (TPSA) is 80.9 Å². The van der Waals surface area contributed by atoms with Crippen LogP contribution in [0.2, 0.25) is 0 Å². The molecular weight excluding hydrogens is 264 g/mol. The highest BCUT2D eigenvalue weighted by atomic mass is 16.1. The predicted octanol–water partition coefficient (Wildman–Crippen LogP) is 2.34. The van der Waals surface area contributed by atoms with Crippen LogP contribution < -0.4 is 11.1 Å². The minimum atomic E-state index is -0.492. The number of benzene rings is 1. The first kappa shape index (κ1) is 13.1. The average Bonchev–Trinajstić information content (AvgIpc) is 2.53. The third kappa shape index (κ3) is 2.81. The Morgan fingerprint density at radius 2 is 1.90 bits per heavy atom. The van der Waals surface area contributed by atoms with E-state index in [1.54, 1.807) is 24.5 Å². The second-order valence-electron chi connectivity index (χ2n) is 4.65. The van der Waals surface area contributed by atoms with Gasteiger partial charge < -0.3 is 11.1 Å². The van der Waals surface area contributed by atoms with Crippen molar-refractivity contribution in [1.29, 1.82) is 0 Å². The second kappa shape index (κ2) is 5.58. The number of carbonyl (C=O) groups is 1. The molecule has 5 nitrogen and oxygen atoms in total. The van der Waals surface area contributed by atoms with E-state index in [0.29, 0.717) is 17.9 Å². The molecule has 0 radical (unpaired) electrons. The van der Waals surface area contributed by atoms with E-state index in [-0.39, 0.29) is 0 Å². The summed E-state index contributed by atoms with van der Waals surface area (Å²) >= 11 is 0. The number of carbonyl (C=O) groups excluding carboxylic acids is 1. The maximum Gasteiger partial charge on any atom is 0.252 e. The number of pyridine rings is 2. The van der Waals surface area contributed by atoms with Gasteiger partial charge in [0.15, 0.2) is 0 Å². The Bertz CT molecular complexity index is 801. The molecule has 0 fully saturated rings. The standard InChI is InChI=1S/C16H14N4O/c17-15(21)13-4-2-8-19-16(13)20-10-11-5-6-14-12(9-11)3-1-7-18-14/h1-9H,10H2,(H2,17,21)(H,19,20). The molecule has 3 N–H and O–H groups in total. The predicted molar refractivity (Wildman–Crippen MR) is 81.8 cm³/mol. The Balaban J connectivity index is 1.82. The van der Waals surface area contributed by atoms with E-state index in [9.17, 15) is 4.79 Å². The van der Waals surface area contributed by atoms with Crippen LogP contribution in [0.15, 0.2) is 54.9 Å². The highest BCUT2D eigenvalue weighted by Gasteiger charge is 2.08. The van der Waals surface area contributed by atoms with Crippen LogP contribution in [0.5, 0.6) is 0 Å². The second-order valence-corrected chi connectivity index (χ2v) is 4.65. The van der Waals surface area contributed by atoms with Gasteiger partial charge in [0, 0.05) is 24.3 Å². The van der Waals surface area contributed by atoms with Crippen molar-refractivity contribution in [1.82, 2.24) is 9.97 Å².